The lowest BCUT2D eigenvalue weighted by molar-refractivity contribution is -0.116. The zero-order valence-electron chi connectivity index (χ0n) is 13.8. The third-order valence-corrected chi connectivity index (χ3v) is 5.67. The number of rotatable bonds is 1. The van der Waals surface area contributed by atoms with E-state index >= 15 is 0 Å². The minimum atomic E-state index is -0.300. The van der Waals surface area contributed by atoms with E-state index in [-0.39, 0.29) is 11.8 Å². The minimum absolute atomic E-state index is 0.165. The maximum absolute atomic E-state index is 12.9. The molecule has 1 atom stereocenters. The molecule has 26 heavy (non-hydrogen) atoms. The van der Waals surface area contributed by atoms with Crippen LogP contribution in [0.5, 0.6) is 0 Å². The Bertz CT molecular complexity index is 1100. The van der Waals surface area contributed by atoms with E-state index in [1.165, 1.54) is 0 Å². The van der Waals surface area contributed by atoms with Crippen LogP contribution in [0.25, 0.3) is 11.0 Å². The molecule has 0 unspecified atom stereocenters. The van der Waals surface area contributed by atoms with Crippen molar-refractivity contribution in [1.29, 1.82) is 0 Å². The van der Waals surface area contributed by atoms with Gasteiger partial charge in [0.25, 0.3) is 0 Å². The number of allylic oxidation sites excluding steroid dienone is 2. The molecule has 0 amide bonds. The van der Waals surface area contributed by atoms with Crippen molar-refractivity contribution in [2.75, 3.05) is 5.32 Å². The number of aromatic nitrogens is 2. The van der Waals surface area contributed by atoms with Crippen molar-refractivity contribution in [3.8, 4) is 0 Å². The number of hydrogen-bond donors (Lipinski definition) is 1. The number of para-hydroxylation sites is 2. The second kappa shape index (κ2) is 5.86. The summed E-state index contributed by atoms with van der Waals surface area (Å²) in [7, 11) is 0. The largest absolute Gasteiger partial charge is 0.329 e. The summed E-state index contributed by atoms with van der Waals surface area (Å²) in [6.07, 6.45) is 2.25. The van der Waals surface area contributed by atoms with Crippen LogP contribution in [0.3, 0.4) is 0 Å². The summed E-state index contributed by atoms with van der Waals surface area (Å²) in [6, 6.07) is 13.1. The van der Waals surface area contributed by atoms with Gasteiger partial charge in [-0.1, -0.05) is 41.4 Å². The summed E-state index contributed by atoms with van der Waals surface area (Å²) in [5.74, 6) is 0.911. The number of nitrogens with one attached hydrogen (secondary N) is 1. The average molecular weight is 384 g/mol. The summed E-state index contributed by atoms with van der Waals surface area (Å²) < 4.78 is 2.08. The highest BCUT2D eigenvalue weighted by Crippen LogP contribution is 2.44. The Morgan fingerprint density at radius 3 is 2.81 bits per heavy atom. The molecule has 1 aliphatic carbocycles. The number of fused-ring (bicyclic) bond motifs is 3. The van der Waals surface area contributed by atoms with Gasteiger partial charge in [-0.05, 0) is 42.7 Å². The quantitative estimate of drug-likeness (QED) is 0.614. The molecule has 0 fully saturated rings. The van der Waals surface area contributed by atoms with Gasteiger partial charge in [0.2, 0.25) is 5.95 Å². The van der Waals surface area contributed by atoms with Crippen LogP contribution in [0.4, 0.5) is 5.95 Å². The minimum Gasteiger partial charge on any atom is -0.329 e. The molecule has 4 nitrogen and oxygen atoms in total. The molecular formula is C20H15Cl2N3O. The fourth-order valence-corrected chi connectivity index (χ4v) is 4.50. The number of nitrogens with zero attached hydrogens (tertiary/aromatic N) is 2. The van der Waals surface area contributed by atoms with Crippen LogP contribution in [-0.4, -0.2) is 15.3 Å². The summed E-state index contributed by atoms with van der Waals surface area (Å²) >= 11 is 12.7. The summed E-state index contributed by atoms with van der Waals surface area (Å²) in [5.41, 5.74) is 4.47. The zero-order valence-corrected chi connectivity index (χ0v) is 15.3. The molecule has 130 valence electrons. The van der Waals surface area contributed by atoms with Crippen LogP contribution in [0.15, 0.2) is 53.7 Å². The molecule has 2 aliphatic rings. The monoisotopic (exact) mass is 383 g/mol. The normalized spacial score (nSPS) is 19.3. The van der Waals surface area contributed by atoms with Crippen molar-refractivity contribution in [3.63, 3.8) is 0 Å². The highest BCUT2D eigenvalue weighted by molar-refractivity contribution is 6.35. The predicted molar refractivity (Wildman–Crippen MR) is 104 cm³/mol. The topological polar surface area (TPSA) is 46.9 Å². The number of ketones is 1. The van der Waals surface area contributed by atoms with E-state index in [9.17, 15) is 4.79 Å². The number of carbonyl (C=O) groups is 1. The van der Waals surface area contributed by atoms with Crippen molar-refractivity contribution >= 4 is 46.0 Å². The van der Waals surface area contributed by atoms with Crippen molar-refractivity contribution < 1.29 is 4.79 Å². The first-order chi connectivity index (χ1) is 12.6. The lowest BCUT2D eigenvalue weighted by atomic mass is 9.85. The number of hydrogen-bond acceptors (Lipinski definition) is 3. The predicted octanol–water partition coefficient (Wildman–Crippen LogP) is 5.37. The molecule has 2 aromatic carbocycles. The molecule has 1 aliphatic heterocycles. The van der Waals surface area contributed by atoms with E-state index in [0.717, 1.165) is 46.7 Å². The van der Waals surface area contributed by atoms with E-state index in [1.807, 2.05) is 36.4 Å². The van der Waals surface area contributed by atoms with E-state index < -0.39 is 0 Å². The first-order valence-corrected chi connectivity index (χ1v) is 9.34. The van der Waals surface area contributed by atoms with E-state index in [1.54, 1.807) is 6.07 Å². The van der Waals surface area contributed by atoms with Gasteiger partial charge in [-0.25, -0.2) is 4.98 Å². The lowest BCUT2D eigenvalue weighted by Crippen LogP contribution is -2.31. The fourth-order valence-electron chi connectivity index (χ4n) is 3.99. The van der Waals surface area contributed by atoms with Crippen LogP contribution < -0.4 is 5.32 Å². The van der Waals surface area contributed by atoms with Gasteiger partial charge in [0, 0.05) is 27.7 Å². The van der Waals surface area contributed by atoms with Gasteiger partial charge in [0.05, 0.1) is 17.1 Å². The molecule has 0 saturated carbocycles. The first kappa shape index (κ1) is 15.9. The molecule has 1 N–H and O–H groups in total. The van der Waals surface area contributed by atoms with Crippen molar-refractivity contribution in [3.05, 3.63) is 69.3 Å². The molecule has 6 heteroatoms. The van der Waals surface area contributed by atoms with E-state index in [4.69, 9.17) is 28.2 Å². The molecule has 0 saturated heterocycles. The Morgan fingerprint density at radius 1 is 1.12 bits per heavy atom. The van der Waals surface area contributed by atoms with Gasteiger partial charge < -0.3 is 5.32 Å². The maximum atomic E-state index is 12.9. The zero-order chi connectivity index (χ0) is 17.8. The van der Waals surface area contributed by atoms with Crippen LogP contribution in [-0.2, 0) is 4.79 Å². The Labute approximate surface area is 160 Å². The van der Waals surface area contributed by atoms with Crippen molar-refractivity contribution in [1.82, 2.24) is 9.55 Å². The summed E-state index contributed by atoms with van der Waals surface area (Å²) in [5, 5.41) is 4.52. The maximum Gasteiger partial charge on any atom is 0.209 e. The van der Waals surface area contributed by atoms with Gasteiger partial charge >= 0.3 is 0 Å². The lowest BCUT2D eigenvalue weighted by Gasteiger charge is -2.34. The third kappa shape index (κ3) is 2.29. The molecule has 3 aromatic rings. The van der Waals surface area contributed by atoms with Crippen LogP contribution in [0, 0.1) is 0 Å². The van der Waals surface area contributed by atoms with Crippen molar-refractivity contribution in [2.24, 2.45) is 0 Å². The molecule has 0 bridgehead atoms. The average Bonchev–Trinajstić information content (AvgIpc) is 2.99. The summed E-state index contributed by atoms with van der Waals surface area (Å²) in [6.45, 7) is 0. The second-order valence-corrected chi connectivity index (χ2v) is 7.50. The highest BCUT2D eigenvalue weighted by Gasteiger charge is 2.37. The van der Waals surface area contributed by atoms with Gasteiger partial charge in [-0.3, -0.25) is 9.36 Å². The van der Waals surface area contributed by atoms with Gasteiger partial charge in [-0.15, -0.1) is 0 Å². The highest BCUT2D eigenvalue weighted by atomic mass is 35.5. The molecule has 2 heterocycles. The van der Waals surface area contributed by atoms with Crippen LogP contribution in [0.1, 0.15) is 30.9 Å². The Morgan fingerprint density at radius 2 is 1.96 bits per heavy atom. The van der Waals surface area contributed by atoms with Gasteiger partial charge in [0.15, 0.2) is 5.78 Å². The number of carbonyl (C=O) groups excluding carboxylic acids is 1. The molecule has 0 spiro atoms. The Hall–Kier alpha value is -2.30. The standard InChI is InChI=1S/C20H15Cl2N3O/c21-11-8-9-12(13(22)10-11)19-18-15(5-3-7-17(18)26)24-20-23-14-4-1-2-6-16(14)25(19)20/h1-2,4,6,8-10,19H,3,5,7H2,(H,23,24)/t19-/m1/s1. The molecule has 5 rings (SSSR count). The Balaban J connectivity index is 1.83. The fraction of sp³-hybridized carbons (Fsp3) is 0.200. The van der Waals surface area contributed by atoms with Crippen LogP contribution in [0.2, 0.25) is 10.0 Å². The second-order valence-electron chi connectivity index (χ2n) is 6.66. The Kier molecular flexibility index (Phi) is 3.59. The van der Waals surface area contributed by atoms with Gasteiger partial charge in [-0.2, -0.15) is 0 Å². The third-order valence-electron chi connectivity index (χ3n) is 5.10. The number of imidazole rings is 1. The number of Topliss-reactive ketones (excluding diaryl/α,β-unsaturated/α-hetero) is 1. The van der Waals surface area contributed by atoms with Crippen LogP contribution >= 0.6 is 23.2 Å². The van der Waals surface area contributed by atoms with Crippen molar-refractivity contribution in [2.45, 2.75) is 25.3 Å². The summed E-state index contributed by atoms with van der Waals surface area (Å²) in [4.78, 5) is 17.6. The van der Waals surface area contributed by atoms with E-state index in [2.05, 4.69) is 9.88 Å². The smallest absolute Gasteiger partial charge is 0.209 e. The van der Waals surface area contributed by atoms with E-state index in [0.29, 0.717) is 16.5 Å². The first-order valence-electron chi connectivity index (χ1n) is 8.58. The molecular weight excluding hydrogens is 369 g/mol. The number of benzene rings is 2. The molecule has 1 aromatic heterocycles. The molecule has 0 radical (unpaired) electrons. The van der Waals surface area contributed by atoms with Gasteiger partial charge in [0.1, 0.15) is 0 Å². The number of halogens is 2. The SMILES string of the molecule is O=C1CCCC2=C1[C@@H](c1ccc(Cl)cc1Cl)n1c(nc3ccccc31)N2. The number of anilines is 1.